The number of carbonyl (C=O) groups excluding carboxylic acids is 1. The number of piperidine rings is 1. The molecule has 2 aliphatic carbocycles. The SMILES string of the molecule is O=C(C1[C@@H]2CCCC[C@@H]12)N1CCCC[C@@H]1c1nc2c(c(=O)[nH]1)CCN(Cc1ccncc1)C2. The van der Waals surface area contributed by atoms with Gasteiger partial charge in [0.1, 0.15) is 5.82 Å². The number of fused-ring (bicyclic) bond motifs is 2. The number of hydrogen-bond acceptors (Lipinski definition) is 5. The second kappa shape index (κ2) is 8.67. The van der Waals surface area contributed by atoms with Crippen LogP contribution in [0.25, 0.3) is 0 Å². The van der Waals surface area contributed by atoms with Gasteiger partial charge in [-0.05, 0) is 68.1 Å². The van der Waals surface area contributed by atoms with Gasteiger partial charge in [-0.15, -0.1) is 0 Å². The van der Waals surface area contributed by atoms with Crippen molar-refractivity contribution < 1.29 is 4.79 Å². The van der Waals surface area contributed by atoms with Gasteiger partial charge in [0.05, 0.1) is 11.7 Å². The van der Waals surface area contributed by atoms with Gasteiger partial charge < -0.3 is 9.88 Å². The normalized spacial score (nSPS) is 29.3. The number of aromatic amines is 1. The minimum Gasteiger partial charge on any atom is -0.332 e. The molecule has 1 saturated heterocycles. The van der Waals surface area contributed by atoms with Crippen LogP contribution >= 0.6 is 0 Å². The van der Waals surface area contributed by atoms with E-state index in [1.54, 1.807) is 0 Å². The van der Waals surface area contributed by atoms with E-state index in [-0.39, 0.29) is 17.5 Å². The third-order valence-corrected chi connectivity index (χ3v) is 8.37. The first-order valence-electron chi connectivity index (χ1n) is 12.7. The van der Waals surface area contributed by atoms with Crippen LogP contribution in [0, 0.1) is 17.8 Å². The van der Waals surface area contributed by atoms with Crippen LogP contribution in [0.3, 0.4) is 0 Å². The predicted molar refractivity (Wildman–Crippen MR) is 124 cm³/mol. The minimum absolute atomic E-state index is 0.0170. The van der Waals surface area contributed by atoms with Crippen LogP contribution < -0.4 is 5.56 Å². The van der Waals surface area contributed by atoms with Gasteiger partial charge in [0.25, 0.3) is 5.56 Å². The summed E-state index contributed by atoms with van der Waals surface area (Å²) in [5.41, 5.74) is 2.89. The average molecular weight is 448 g/mol. The molecular weight excluding hydrogens is 414 g/mol. The van der Waals surface area contributed by atoms with E-state index < -0.39 is 0 Å². The quantitative estimate of drug-likeness (QED) is 0.778. The lowest BCUT2D eigenvalue weighted by Gasteiger charge is -2.36. The molecule has 1 N–H and O–H groups in total. The standard InChI is InChI=1S/C26H33N5O2/c32-25-20-10-14-30(15-17-8-11-27-12-9-17)16-21(20)28-24(29-25)22-7-3-4-13-31(22)26(33)23-18-5-1-2-6-19(18)23/h8-9,11-12,18-19,22-23H,1-7,10,13-16H2,(H,28,29,32)/t18-,19-,22-/m1/s1. The smallest absolute Gasteiger partial charge is 0.254 e. The lowest BCUT2D eigenvalue weighted by atomic mass is 9.99. The topological polar surface area (TPSA) is 82.2 Å². The summed E-state index contributed by atoms with van der Waals surface area (Å²) in [6, 6.07) is 3.97. The maximum Gasteiger partial charge on any atom is 0.254 e. The van der Waals surface area contributed by atoms with E-state index in [1.165, 1.54) is 31.2 Å². The van der Waals surface area contributed by atoms with Crippen molar-refractivity contribution in [1.29, 1.82) is 0 Å². The number of hydrogen-bond donors (Lipinski definition) is 1. The molecule has 2 aromatic heterocycles. The summed E-state index contributed by atoms with van der Waals surface area (Å²) >= 11 is 0. The lowest BCUT2D eigenvalue weighted by molar-refractivity contribution is -0.137. The molecule has 6 rings (SSSR count). The molecule has 4 aliphatic rings. The highest BCUT2D eigenvalue weighted by Crippen LogP contribution is 2.56. The number of aromatic nitrogens is 3. The Morgan fingerprint density at radius 3 is 2.58 bits per heavy atom. The van der Waals surface area contributed by atoms with E-state index >= 15 is 0 Å². The van der Waals surface area contributed by atoms with Crippen molar-refractivity contribution >= 4 is 5.91 Å². The Morgan fingerprint density at radius 2 is 1.79 bits per heavy atom. The molecule has 174 valence electrons. The van der Waals surface area contributed by atoms with E-state index in [0.717, 1.165) is 50.2 Å². The molecular formula is C26H33N5O2. The van der Waals surface area contributed by atoms with Crippen molar-refractivity contribution in [2.75, 3.05) is 13.1 Å². The molecule has 3 fully saturated rings. The van der Waals surface area contributed by atoms with Crippen LogP contribution in [0.4, 0.5) is 0 Å². The molecule has 2 aromatic rings. The van der Waals surface area contributed by atoms with Crippen molar-refractivity contribution in [2.45, 2.75) is 70.5 Å². The average Bonchev–Trinajstić information content (AvgIpc) is 3.58. The van der Waals surface area contributed by atoms with E-state index in [1.807, 2.05) is 24.5 Å². The molecule has 3 atom stereocenters. The number of rotatable bonds is 4. The van der Waals surface area contributed by atoms with Gasteiger partial charge >= 0.3 is 0 Å². The lowest BCUT2D eigenvalue weighted by Crippen LogP contribution is -2.42. The fourth-order valence-corrected chi connectivity index (χ4v) is 6.58. The Hall–Kier alpha value is -2.54. The summed E-state index contributed by atoms with van der Waals surface area (Å²) in [5, 5.41) is 0. The largest absolute Gasteiger partial charge is 0.332 e. The summed E-state index contributed by atoms with van der Waals surface area (Å²) in [6.45, 7) is 3.12. The van der Waals surface area contributed by atoms with Crippen molar-refractivity contribution in [2.24, 2.45) is 17.8 Å². The number of likely N-dealkylation sites (tertiary alicyclic amines) is 1. The first-order valence-corrected chi connectivity index (χ1v) is 12.7. The highest BCUT2D eigenvalue weighted by atomic mass is 16.2. The molecule has 0 aromatic carbocycles. The van der Waals surface area contributed by atoms with E-state index in [9.17, 15) is 9.59 Å². The second-order valence-electron chi connectivity index (χ2n) is 10.4. The van der Waals surface area contributed by atoms with Gasteiger partial charge in [0, 0.05) is 50.1 Å². The van der Waals surface area contributed by atoms with Crippen molar-refractivity contribution in [1.82, 2.24) is 24.8 Å². The van der Waals surface area contributed by atoms with Gasteiger partial charge in [0.15, 0.2) is 0 Å². The first kappa shape index (κ1) is 21.0. The predicted octanol–water partition coefficient (Wildman–Crippen LogP) is 3.21. The van der Waals surface area contributed by atoms with Gasteiger partial charge in [0.2, 0.25) is 5.91 Å². The molecule has 0 unspecified atom stereocenters. The Balaban J connectivity index is 1.23. The van der Waals surface area contributed by atoms with E-state index in [0.29, 0.717) is 36.5 Å². The Bertz CT molecular complexity index is 1070. The number of nitrogens with one attached hydrogen (secondary N) is 1. The molecule has 7 heteroatoms. The van der Waals surface area contributed by atoms with Gasteiger partial charge in [-0.2, -0.15) is 0 Å². The molecule has 2 saturated carbocycles. The molecule has 0 bridgehead atoms. The van der Waals surface area contributed by atoms with Gasteiger partial charge in [-0.25, -0.2) is 4.98 Å². The molecule has 0 radical (unpaired) electrons. The van der Waals surface area contributed by atoms with Crippen LogP contribution in [0.15, 0.2) is 29.3 Å². The second-order valence-corrected chi connectivity index (χ2v) is 10.4. The maximum atomic E-state index is 13.5. The number of H-pyrrole nitrogens is 1. The first-order chi connectivity index (χ1) is 16.2. The highest BCUT2D eigenvalue weighted by Gasteiger charge is 2.56. The fraction of sp³-hybridized carbons (Fsp3) is 0.615. The van der Waals surface area contributed by atoms with Crippen LogP contribution in [0.5, 0.6) is 0 Å². The zero-order valence-corrected chi connectivity index (χ0v) is 19.2. The minimum atomic E-state index is -0.0949. The van der Waals surface area contributed by atoms with Crippen LogP contribution in [0.1, 0.15) is 73.6 Å². The fourth-order valence-electron chi connectivity index (χ4n) is 6.58. The summed E-state index contributed by atoms with van der Waals surface area (Å²) in [6.07, 6.45) is 12.3. The maximum absolute atomic E-state index is 13.5. The Morgan fingerprint density at radius 1 is 1.03 bits per heavy atom. The van der Waals surface area contributed by atoms with Crippen LogP contribution in [-0.4, -0.2) is 43.7 Å². The molecule has 4 heterocycles. The number of nitrogens with zero attached hydrogens (tertiary/aromatic N) is 4. The number of amides is 1. The highest BCUT2D eigenvalue weighted by molar-refractivity contribution is 5.83. The third kappa shape index (κ3) is 4.01. The summed E-state index contributed by atoms with van der Waals surface area (Å²) in [5.74, 6) is 2.43. The van der Waals surface area contributed by atoms with Crippen LogP contribution in [-0.2, 0) is 24.3 Å². The summed E-state index contributed by atoms with van der Waals surface area (Å²) in [7, 11) is 0. The Kier molecular flexibility index (Phi) is 5.52. The molecule has 2 aliphatic heterocycles. The van der Waals surface area contributed by atoms with Crippen molar-refractivity contribution in [3.8, 4) is 0 Å². The Labute approximate surface area is 194 Å². The molecule has 0 spiro atoms. The zero-order valence-electron chi connectivity index (χ0n) is 19.2. The molecule has 7 nitrogen and oxygen atoms in total. The molecule has 33 heavy (non-hydrogen) atoms. The summed E-state index contributed by atoms with van der Waals surface area (Å²) < 4.78 is 0. The number of carbonyl (C=O) groups is 1. The van der Waals surface area contributed by atoms with Crippen molar-refractivity contribution in [3.05, 3.63) is 57.5 Å². The molecule has 1 amide bonds. The zero-order chi connectivity index (χ0) is 22.4. The number of pyridine rings is 1. The van der Waals surface area contributed by atoms with Crippen LogP contribution in [0.2, 0.25) is 0 Å². The van der Waals surface area contributed by atoms with E-state index in [2.05, 4.69) is 19.8 Å². The van der Waals surface area contributed by atoms with Crippen molar-refractivity contribution in [3.63, 3.8) is 0 Å². The van der Waals surface area contributed by atoms with Gasteiger partial charge in [-0.1, -0.05) is 12.8 Å². The monoisotopic (exact) mass is 447 g/mol. The summed E-state index contributed by atoms with van der Waals surface area (Å²) in [4.78, 5) is 43.1. The van der Waals surface area contributed by atoms with E-state index in [4.69, 9.17) is 4.98 Å². The van der Waals surface area contributed by atoms with Gasteiger partial charge in [-0.3, -0.25) is 19.5 Å². The third-order valence-electron chi connectivity index (χ3n) is 8.37.